The van der Waals surface area contributed by atoms with E-state index < -0.39 is 10.7 Å². The number of nitro groups is 1. The molecule has 1 N–H and O–H groups in total. The molecule has 0 amide bonds. The molecular formula is C12H6FIN4O3. The summed E-state index contributed by atoms with van der Waals surface area (Å²) < 4.78 is 20.0. The van der Waals surface area contributed by atoms with Crippen molar-refractivity contribution in [2.24, 2.45) is 0 Å². The van der Waals surface area contributed by atoms with Crippen LogP contribution < -0.4 is 4.74 Å². The number of pyridine rings is 1. The van der Waals surface area contributed by atoms with E-state index >= 15 is 0 Å². The lowest BCUT2D eigenvalue weighted by molar-refractivity contribution is -0.385. The maximum atomic E-state index is 13.9. The van der Waals surface area contributed by atoms with Crippen molar-refractivity contribution in [3.8, 4) is 11.5 Å². The molecule has 7 nitrogen and oxygen atoms in total. The second kappa shape index (κ2) is 5.24. The highest BCUT2D eigenvalue weighted by Crippen LogP contribution is 2.33. The number of nitrogens with one attached hydrogen (secondary N) is 1. The van der Waals surface area contributed by atoms with Gasteiger partial charge < -0.3 is 4.74 Å². The lowest BCUT2D eigenvalue weighted by Crippen LogP contribution is -1.93. The summed E-state index contributed by atoms with van der Waals surface area (Å²) in [5.74, 6) is -0.552. The van der Waals surface area contributed by atoms with Gasteiger partial charge in [-0.05, 0) is 28.7 Å². The molecule has 0 saturated heterocycles. The van der Waals surface area contributed by atoms with Crippen LogP contribution in [0.5, 0.6) is 11.5 Å². The number of ether oxygens (including phenoxy) is 1. The predicted molar refractivity (Wildman–Crippen MR) is 79.7 cm³/mol. The summed E-state index contributed by atoms with van der Waals surface area (Å²) in [5, 5.41) is 17.9. The van der Waals surface area contributed by atoms with Crippen molar-refractivity contribution in [3.05, 3.63) is 50.1 Å². The minimum atomic E-state index is -0.812. The Kier molecular flexibility index (Phi) is 3.41. The number of halogens is 2. The normalized spacial score (nSPS) is 10.8. The molecule has 3 aromatic rings. The van der Waals surface area contributed by atoms with Crippen molar-refractivity contribution in [1.29, 1.82) is 0 Å². The number of non-ortho nitro benzene ring substituents is 1. The standard InChI is InChI=1S/C12H6FIN4O3/c13-7-5-6(18(19)20)1-2-8(7)21-9-3-4-15-12-10(9)11(14)16-17-12/h1-5H,(H,15,16,17). The fraction of sp³-hybridized carbons (Fsp3) is 0. The van der Waals surface area contributed by atoms with Crippen molar-refractivity contribution in [2.75, 3.05) is 0 Å². The van der Waals surface area contributed by atoms with E-state index in [1.807, 2.05) is 22.6 Å². The number of rotatable bonds is 3. The number of hydrogen-bond donors (Lipinski definition) is 1. The van der Waals surface area contributed by atoms with Crippen LogP contribution >= 0.6 is 22.6 Å². The summed E-state index contributed by atoms with van der Waals surface area (Å²) in [6, 6.07) is 4.78. The molecule has 2 heterocycles. The van der Waals surface area contributed by atoms with Crippen LogP contribution in [0.15, 0.2) is 30.5 Å². The van der Waals surface area contributed by atoms with Crippen LogP contribution in [0.3, 0.4) is 0 Å². The van der Waals surface area contributed by atoms with Crippen LogP contribution in [0.1, 0.15) is 0 Å². The van der Waals surface area contributed by atoms with Crippen LogP contribution in [0.2, 0.25) is 0 Å². The van der Waals surface area contributed by atoms with Crippen LogP contribution in [-0.2, 0) is 0 Å². The lowest BCUT2D eigenvalue weighted by Gasteiger charge is -2.07. The number of hydrogen-bond acceptors (Lipinski definition) is 5. The Morgan fingerprint density at radius 3 is 2.86 bits per heavy atom. The van der Waals surface area contributed by atoms with Crippen LogP contribution in [0.4, 0.5) is 10.1 Å². The van der Waals surface area contributed by atoms with E-state index in [4.69, 9.17) is 4.74 Å². The first-order valence-corrected chi connectivity index (χ1v) is 6.74. The maximum absolute atomic E-state index is 13.9. The van der Waals surface area contributed by atoms with Gasteiger partial charge in [0, 0.05) is 18.3 Å². The smallest absolute Gasteiger partial charge is 0.272 e. The van der Waals surface area contributed by atoms with Gasteiger partial charge in [0.2, 0.25) is 0 Å². The quantitative estimate of drug-likeness (QED) is 0.413. The number of benzene rings is 1. The summed E-state index contributed by atoms with van der Waals surface area (Å²) in [4.78, 5) is 14.0. The molecule has 0 aliphatic heterocycles. The summed E-state index contributed by atoms with van der Waals surface area (Å²) in [6.07, 6.45) is 1.48. The Morgan fingerprint density at radius 2 is 2.14 bits per heavy atom. The highest BCUT2D eigenvalue weighted by Gasteiger charge is 2.15. The van der Waals surface area contributed by atoms with Gasteiger partial charge in [0.1, 0.15) is 9.45 Å². The van der Waals surface area contributed by atoms with Crippen LogP contribution in [0.25, 0.3) is 11.0 Å². The summed E-state index contributed by atoms with van der Waals surface area (Å²) in [6.45, 7) is 0. The van der Waals surface area contributed by atoms with E-state index in [0.29, 0.717) is 20.5 Å². The maximum Gasteiger partial charge on any atom is 0.272 e. The third-order valence-corrected chi connectivity index (χ3v) is 3.50. The number of nitro benzene ring substituents is 1. The number of H-pyrrole nitrogens is 1. The van der Waals surface area contributed by atoms with Crippen molar-refractivity contribution in [1.82, 2.24) is 15.2 Å². The molecule has 0 aliphatic carbocycles. The lowest BCUT2D eigenvalue weighted by atomic mass is 10.3. The third kappa shape index (κ3) is 2.51. The summed E-state index contributed by atoms with van der Waals surface area (Å²) in [7, 11) is 0. The fourth-order valence-electron chi connectivity index (χ4n) is 1.77. The van der Waals surface area contributed by atoms with Gasteiger partial charge in [0.15, 0.2) is 17.2 Å². The molecule has 1 aromatic carbocycles. The van der Waals surface area contributed by atoms with Crippen molar-refractivity contribution < 1.29 is 14.1 Å². The molecule has 0 saturated carbocycles. The van der Waals surface area contributed by atoms with E-state index in [9.17, 15) is 14.5 Å². The van der Waals surface area contributed by atoms with Gasteiger partial charge in [-0.1, -0.05) is 0 Å². The molecule has 9 heteroatoms. The zero-order valence-corrected chi connectivity index (χ0v) is 12.4. The Labute approximate surface area is 130 Å². The number of aromatic nitrogens is 3. The minimum absolute atomic E-state index is 0.106. The van der Waals surface area contributed by atoms with Gasteiger partial charge in [0.25, 0.3) is 5.69 Å². The van der Waals surface area contributed by atoms with Crippen molar-refractivity contribution in [2.45, 2.75) is 0 Å². The number of aromatic amines is 1. The van der Waals surface area contributed by atoms with Crippen molar-refractivity contribution in [3.63, 3.8) is 0 Å². The predicted octanol–water partition coefficient (Wildman–Crippen LogP) is 3.40. The first kappa shape index (κ1) is 13.7. The highest BCUT2D eigenvalue weighted by atomic mass is 127. The molecule has 0 aliphatic rings. The Hall–Kier alpha value is -2.30. The van der Waals surface area contributed by atoms with Gasteiger partial charge in [-0.25, -0.2) is 9.37 Å². The first-order chi connectivity index (χ1) is 10.1. The number of fused-ring (bicyclic) bond motifs is 1. The Balaban J connectivity index is 2.03. The molecule has 0 spiro atoms. The fourth-order valence-corrected chi connectivity index (χ4v) is 2.40. The van der Waals surface area contributed by atoms with E-state index in [2.05, 4.69) is 15.2 Å². The third-order valence-electron chi connectivity index (χ3n) is 2.72. The minimum Gasteiger partial charge on any atom is -0.453 e. The molecule has 0 fully saturated rings. The van der Waals surface area contributed by atoms with Crippen molar-refractivity contribution >= 4 is 39.3 Å². The first-order valence-electron chi connectivity index (χ1n) is 5.66. The summed E-state index contributed by atoms with van der Waals surface area (Å²) in [5.41, 5.74) is 0.108. The molecule has 21 heavy (non-hydrogen) atoms. The van der Waals surface area contributed by atoms with E-state index in [1.165, 1.54) is 18.3 Å². The monoisotopic (exact) mass is 400 g/mol. The zero-order valence-electron chi connectivity index (χ0n) is 10.2. The van der Waals surface area contributed by atoms with E-state index in [0.717, 1.165) is 6.07 Å². The van der Waals surface area contributed by atoms with Gasteiger partial charge in [0.05, 0.1) is 16.4 Å². The molecule has 0 radical (unpaired) electrons. The largest absolute Gasteiger partial charge is 0.453 e. The molecular weight excluding hydrogens is 394 g/mol. The second-order valence-corrected chi connectivity index (χ2v) is 5.10. The zero-order chi connectivity index (χ0) is 15.0. The van der Waals surface area contributed by atoms with Gasteiger partial charge in [-0.3, -0.25) is 15.2 Å². The molecule has 0 atom stereocenters. The van der Waals surface area contributed by atoms with Gasteiger partial charge in [-0.15, -0.1) is 0 Å². The molecule has 0 bridgehead atoms. The number of nitrogens with zero attached hydrogens (tertiary/aromatic N) is 3. The van der Waals surface area contributed by atoms with E-state index in [-0.39, 0.29) is 11.4 Å². The summed E-state index contributed by atoms with van der Waals surface area (Å²) >= 11 is 2.02. The SMILES string of the molecule is O=[N+]([O-])c1ccc(Oc2ccnc3n[nH]c(I)c23)c(F)c1. The topological polar surface area (TPSA) is 93.9 Å². The molecule has 2 aromatic heterocycles. The molecule has 106 valence electrons. The van der Waals surface area contributed by atoms with Crippen LogP contribution in [-0.4, -0.2) is 20.1 Å². The average Bonchev–Trinajstić information content (AvgIpc) is 2.83. The Morgan fingerprint density at radius 1 is 1.33 bits per heavy atom. The van der Waals surface area contributed by atoms with Gasteiger partial charge in [-0.2, -0.15) is 5.10 Å². The van der Waals surface area contributed by atoms with E-state index in [1.54, 1.807) is 6.07 Å². The second-order valence-electron chi connectivity index (χ2n) is 4.02. The average molecular weight is 400 g/mol. The molecule has 3 rings (SSSR count). The Bertz CT molecular complexity index is 852. The van der Waals surface area contributed by atoms with Gasteiger partial charge >= 0.3 is 0 Å². The highest BCUT2D eigenvalue weighted by molar-refractivity contribution is 14.1. The molecule has 0 unspecified atom stereocenters. The van der Waals surface area contributed by atoms with Crippen LogP contribution in [0, 0.1) is 19.6 Å².